The first-order chi connectivity index (χ1) is 8.74. The molecule has 0 unspecified atom stereocenters. The van der Waals surface area contributed by atoms with Gasteiger partial charge in [-0.15, -0.1) is 11.3 Å². The van der Waals surface area contributed by atoms with Crippen molar-refractivity contribution >= 4 is 16.5 Å². The van der Waals surface area contributed by atoms with Crippen molar-refractivity contribution in [2.24, 2.45) is 5.73 Å². The Morgan fingerprint density at radius 2 is 2.22 bits per heavy atom. The summed E-state index contributed by atoms with van der Waals surface area (Å²) >= 11 is 1.67. The van der Waals surface area contributed by atoms with Crippen molar-refractivity contribution in [2.45, 2.75) is 26.4 Å². The minimum absolute atomic E-state index is 0.568. The maximum absolute atomic E-state index is 5.73. The predicted molar refractivity (Wildman–Crippen MR) is 75.7 cm³/mol. The summed E-state index contributed by atoms with van der Waals surface area (Å²) in [7, 11) is 2.03. The number of hydrogen-bond acceptors (Lipinski definition) is 5. The molecule has 0 saturated carbocycles. The molecule has 18 heavy (non-hydrogen) atoms. The molecule has 0 aliphatic carbocycles. The van der Waals surface area contributed by atoms with Crippen LogP contribution in [0.4, 0.5) is 5.13 Å². The average molecular weight is 262 g/mol. The molecule has 0 saturated heterocycles. The summed E-state index contributed by atoms with van der Waals surface area (Å²) < 4.78 is 0. The normalized spacial score (nSPS) is 10.6. The summed E-state index contributed by atoms with van der Waals surface area (Å²) in [4.78, 5) is 12.3. The first-order valence-electron chi connectivity index (χ1n) is 6.04. The summed E-state index contributed by atoms with van der Waals surface area (Å²) in [6, 6.07) is 5.95. The SMILES string of the molecule is CCc1nc(N(C)Cc2ccccn2)sc1CN. The lowest BCUT2D eigenvalue weighted by molar-refractivity contribution is 0.870. The van der Waals surface area contributed by atoms with Crippen LogP contribution in [-0.2, 0) is 19.5 Å². The number of pyridine rings is 1. The Labute approximate surface area is 111 Å². The number of thiazole rings is 1. The lowest BCUT2D eigenvalue weighted by atomic mass is 10.3. The van der Waals surface area contributed by atoms with Gasteiger partial charge in [0.25, 0.3) is 0 Å². The van der Waals surface area contributed by atoms with Gasteiger partial charge in [0.05, 0.1) is 17.9 Å². The molecule has 96 valence electrons. The lowest BCUT2D eigenvalue weighted by Gasteiger charge is -2.14. The number of hydrogen-bond donors (Lipinski definition) is 1. The zero-order valence-corrected chi connectivity index (χ0v) is 11.6. The van der Waals surface area contributed by atoms with Gasteiger partial charge in [-0.1, -0.05) is 13.0 Å². The highest BCUT2D eigenvalue weighted by Crippen LogP contribution is 2.26. The zero-order chi connectivity index (χ0) is 13.0. The third kappa shape index (κ3) is 2.86. The highest BCUT2D eigenvalue weighted by molar-refractivity contribution is 7.15. The van der Waals surface area contributed by atoms with E-state index >= 15 is 0 Å². The van der Waals surface area contributed by atoms with Gasteiger partial charge in [-0.3, -0.25) is 4.98 Å². The fourth-order valence-electron chi connectivity index (χ4n) is 1.77. The van der Waals surface area contributed by atoms with Crippen molar-refractivity contribution in [3.63, 3.8) is 0 Å². The molecular formula is C13H18N4S. The quantitative estimate of drug-likeness (QED) is 0.897. The summed E-state index contributed by atoms with van der Waals surface area (Å²) in [6.07, 6.45) is 2.74. The van der Waals surface area contributed by atoms with Crippen molar-refractivity contribution in [2.75, 3.05) is 11.9 Å². The monoisotopic (exact) mass is 262 g/mol. The van der Waals surface area contributed by atoms with Crippen LogP contribution in [0, 0.1) is 0 Å². The Morgan fingerprint density at radius 1 is 1.39 bits per heavy atom. The van der Waals surface area contributed by atoms with E-state index in [1.165, 1.54) is 4.88 Å². The second kappa shape index (κ2) is 5.93. The van der Waals surface area contributed by atoms with Crippen molar-refractivity contribution in [1.82, 2.24) is 9.97 Å². The Balaban J connectivity index is 2.13. The molecule has 0 aliphatic rings. The van der Waals surface area contributed by atoms with Gasteiger partial charge in [0.1, 0.15) is 0 Å². The van der Waals surface area contributed by atoms with Crippen molar-refractivity contribution < 1.29 is 0 Å². The highest BCUT2D eigenvalue weighted by Gasteiger charge is 2.12. The van der Waals surface area contributed by atoms with Gasteiger partial charge < -0.3 is 10.6 Å². The van der Waals surface area contributed by atoms with Crippen LogP contribution in [0.5, 0.6) is 0 Å². The maximum Gasteiger partial charge on any atom is 0.185 e. The van der Waals surface area contributed by atoms with Crippen LogP contribution in [0.1, 0.15) is 23.2 Å². The van der Waals surface area contributed by atoms with Gasteiger partial charge in [0.2, 0.25) is 0 Å². The van der Waals surface area contributed by atoms with Crippen LogP contribution < -0.4 is 10.6 Å². The molecule has 5 heteroatoms. The molecule has 0 fully saturated rings. The molecule has 2 rings (SSSR count). The smallest absolute Gasteiger partial charge is 0.185 e. The summed E-state index contributed by atoms with van der Waals surface area (Å²) in [5.41, 5.74) is 7.89. The van der Waals surface area contributed by atoms with Gasteiger partial charge in [0, 0.05) is 24.7 Å². The molecule has 0 aliphatic heterocycles. The Bertz CT molecular complexity index is 473. The molecule has 0 aromatic carbocycles. The minimum atomic E-state index is 0.568. The van der Waals surface area contributed by atoms with Gasteiger partial charge in [-0.2, -0.15) is 0 Å². The fourth-order valence-corrected chi connectivity index (χ4v) is 2.76. The number of nitrogens with zero attached hydrogens (tertiary/aromatic N) is 3. The van der Waals surface area contributed by atoms with Gasteiger partial charge in [-0.05, 0) is 18.6 Å². The molecule has 2 aromatic rings. The van der Waals surface area contributed by atoms with E-state index in [0.29, 0.717) is 6.54 Å². The molecule has 0 spiro atoms. The Morgan fingerprint density at radius 3 is 2.78 bits per heavy atom. The van der Waals surface area contributed by atoms with E-state index in [0.717, 1.165) is 29.5 Å². The molecule has 2 aromatic heterocycles. The van der Waals surface area contributed by atoms with Crippen molar-refractivity contribution in [3.8, 4) is 0 Å². The number of aromatic nitrogens is 2. The van der Waals surface area contributed by atoms with Gasteiger partial charge >= 0.3 is 0 Å². The van der Waals surface area contributed by atoms with Crippen LogP contribution in [-0.4, -0.2) is 17.0 Å². The van der Waals surface area contributed by atoms with E-state index in [1.54, 1.807) is 11.3 Å². The zero-order valence-electron chi connectivity index (χ0n) is 10.8. The second-order valence-corrected chi connectivity index (χ2v) is 5.16. The predicted octanol–water partition coefficient (Wildman–Crippen LogP) is 2.20. The van der Waals surface area contributed by atoms with E-state index in [4.69, 9.17) is 5.73 Å². The second-order valence-electron chi connectivity index (χ2n) is 4.10. The molecule has 0 bridgehead atoms. The van der Waals surface area contributed by atoms with E-state index in [-0.39, 0.29) is 0 Å². The lowest BCUT2D eigenvalue weighted by Crippen LogP contribution is -2.16. The van der Waals surface area contributed by atoms with Crippen molar-refractivity contribution in [1.29, 1.82) is 0 Å². The van der Waals surface area contributed by atoms with Crippen LogP contribution >= 0.6 is 11.3 Å². The fraction of sp³-hybridized carbons (Fsp3) is 0.385. The number of anilines is 1. The minimum Gasteiger partial charge on any atom is -0.345 e. The average Bonchev–Trinajstić information content (AvgIpc) is 2.83. The third-order valence-corrected chi connectivity index (χ3v) is 3.97. The standard InChI is InChI=1S/C13H18N4S/c1-3-11-12(8-14)18-13(16-11)17(2)9-10-6-4-5-7-15-10/h4-7H,3,8-9,14H2,1-2H3. The number of aryl methyl sites for hydroxylation is 1. The van der Waals surface area contributed by atoms with Crippen LogP contribution in [0.25, 0.3) is 0 Å². The van der Waals surface area contributed by atoms with E-state index in [1.807, 2.05) is 31.4 Å². The van der Waals surface area contributed by atoms with Crippen LogP contribution in [0.3, 0.4) is 0 Å². The number of rotatable bonds is 5. The van der Waals surface area contributed by atoms with Crippen LogP contribution in [0.2, 0.25) is 0 Å². The molecule has 0 radical (unpaired) electrons. The van der Waals surface area contributed by atoms with E-state index in [2.05, 4.69) is 21.8 Å². The Kier molecular flexibility index (Phi) is 4.28. The summed E-state index contributed by atoms with van der Waals surface area (Å²) in [5, 5.41) is 1.01. The largest absolute Gasteiger partial charge is 0.345 e. The molecule has 0 atom stereocenters. The molecular weight excluding hydrogens is 244 g/mol. The summed E-state index contributed by atoms with van der Waals surface area (Å²) in [6.45, 7) is 3.44. The molecule has 2 N–H and O–H groups in total. The van der Waals surface area contributed by atoms with E-state index < -0.39 is 0 Å². The highest BCUT2D eigenvalue weighted by atomic mass is 32.1. The first kappa shape index (κ1) is 13.0. The maximum atomic E-state index is 5.73. The molecule has 0 amide bonds. The first-order valence-corrected chi connectivity index (χ1v) is 6.86. The summed E-state index contributed by atoms with van der Waals surface area (Å²) in [5.74, 6) is 0. The topological polar surface area (TPSA) is 55.0 Å². The number of nitrogens with two attached hydrogens (primary N) is 1. The third-order valence-electron chi connectivity index (χ3n) is 2.74. The van der Waals surface area contributed by atoms with Crippen molar-refractivity contribution in [3.05, 3.63) is 40.7 Å². The van der Waals surface area contributed by atoms with E-state index in [9.17, 15) is 0 Å². The van der Waals surface area contributed by atoms with Gasteiger partial charge in [0.15, 0.2) is 5.13 Å². The molecule has 4 nitrogen and oxygen atoms in total. The molecule has 2 heterocycles. The Hall–Kier alpha value is -1.46. The van der Waals surface area contributed by atoms with Crippen LogP contribution in [0.15, 0.2) is 24.4 Å². The van der Waals surface area contributed by atoms with Gasteiger partial charge in [-0.25, -0.2) is 4.98 Å².